The first-order valence-electron chi connectivity index (χ1n) is 5.46. The third-order valence-electron chi connectivity index (χ3n) is 2.30. The Hall–Kier alpha value is -1.69. The minimum absolute atomic E-state index is 0.00485. The lowest BCUT2D eigenvalue weighted by Gasteiger charge is -1.99. The smallest absolute Gasteiger partial charge is 0.208 e. The summed E-state index contributed by atoms with van der Waals surface area (Å²) in [5.41, 5.74) is 0.531. The van der Waals surface area contributed by atoms with Gasteiger partial charge in [0, 0.05) is 17.7 Å². The molecule has 0 aliphatic rings. The Bertz CT molecular complexity index is 539. The number of H-pyrrole nitrogens is 1. The SMILES string of the molecule is Cc1nc(SCCC(=O)c2ccc(F)cc2)n[nH]1. The fraction of sp³-hybridized carbons (Fsp3) is 0.250. The molecule has 4 nitrogen and oxygen atoms in total. The van der Waals surface area contributed by atoms with Crippen LogP contribution in [0.4, 0.5) is 4.39 Å². The number of nitrogens with one attached hydrogen (secondary N) is 1. The van der Waals surface area contributed by atoms with Crippen LogP contribution in [-0.2, 0) is 0 Å². The molecule has 18 heavy (non-hydrogen) atoms. The number of benzene rings is 1. The molecule has 0 spiro atoms. The quantitative estimate of drug-likeness (QED) is 0.667. The van der Waals surface area contributed by atoms with Crippen LogP contribution in [0.15, 0.2) is 29.4 Å². The van der Waals surface area contributed by atoms with E-state index in [0.29, 0.717) is 22.9 Å². The number of rotatable bonds is 5. The number of carbonyl (C=O) groups excluding carboxylic acids is 1. The van der Waals surface area contributed by atoms with Crippen LogP contribution in [0.5, 0.6) is 0 Å². The molecule has 1 aromatic carbocycles. The van der Waals surface area contributed by atoms with Crippen LogP contribution in [0, 0.1) is 12.7 Å². The van der Waals surface area contributed by atoms with Gasteiger partial charge in [-0.3, -0.25) is 9.89 Å². The average Bonchev–Trinajstić information content (AvgIpc) is 2.76. The zero-order valence-corrected chi connectivity index (χ0v) is 10.6. The monoisotopic (exact) mass is 265 g/mol. The Morgan fingerprint density at radius 1 is 1.39 bits per heavy atom. The minimum atomic E-state index is -0.336. The second-order valence-corrected chi connectivity index (χ2v) is 4.79. The second-order valence-electron chi connectivity index (χ2n) is 3.73. The number of ketones is 1. The molecule has 0 unspecified atom stereocenters. The maximum absolute atomic E-state index is 12.7. The summed E-state index contributed by atoms with van der Waals surface area (Å²) >= 11 is 1.42. The van der Waals surface area contributed by atoms with E-state index in [2.05, 4.69) is 15.2 Å². The van der Waals surface area contributed by atoms with Crippen molar-refractivity contribution in [1.29, 1.82) is 0 Å². The van der Waals surface area contributed by atoms with Crippen molar-refractivity contribution in [3.05, 3.63) is 41.5 Å². The molecule has 1 N–H and O–H groups in total. The van der Waals surface area contributed by atoms with Crippen molar-refractivity contribution in [2.45, 2.75) is 18.5 Å². The molecule has 2 rings (SSSR count). The summed E-state index contributed by atoms with van der Waals surface area (Å²) in [7, 11) is 0. The van der Waals surface area contributed by atoms with Crippen LogP contribution in [0.2, 0.25) is 0 Å². The maximum Gasteiger partial charge on any atom is 0.208 e. The number of thioether (sulfide) groups is 1. The van der Waals surface area contributed by atoms with Gasteiger partial charge in [-0.1, -0.05) is 11.8 Å². The first-order valence-corrected chi connectivity index (χ1v) is 6.44. The molecular weight excluding hydrogens is 253 g/mol. The van der Waals surface area contributed by atoms with Gasteiger partial charge in [-0.15, -0.1) is 5.10 Å². The molecule has 0 amide bonds. The summed E-state index contributed by atoms with van der Waals surface area (Å²) in [4.78, 5) is 15.9. The molecular formula is C12H12FN3OS. The third-order valence-corrected chi connectivity index (χ3v) is 3.15. The maximum atomic E-state index is 12.7. The number of carbonyl (C=O) groups is 1. The highest BCUT2D eigenvalue weighted by molar-refractivity contribution is 7.99. The van der Waals surface area contributed by atoms with Gasteiger partial charge in [0.15, 0.2) is 5.78 Å². The first-order chi connectivity index (χ1) is 8.65. The lowest BCUT2D eigenvalue weighted by atomic mass is 10.1. The number of hydrogen-bond donors (Lipinski definition) is 1. The molecule has 0 atom stereocenters. The Labute approximate surface area is 108 Å². The second kappa shape index (κ2) is 5.77. The van der Waals surface area contributed by atoms with E-state index < -0.39 is 0 Å². The third kappa shape index (κ3) is 3.40. The number of Topliss-reactive ketones (excluding diaryl/α,β-unsaturated/α-hetero) is 1. The van der Waals surface area contributed by atoms with E-state index in [0.717, 1.165) is 5.82 Å². The molecule has 0 bridgehead atoms. The summed E-state index contributed by atoms with van der Waals surface area (Å²) in [6.07, 6.45) is 0.379. The van der Waals surface area contributed by atoms with Crippen molar-refractivity contribution in [1.82, 2.24) is 15.2 Å². The van der Waals surface area contributed by atoms with E-state index >= 15 is 0 Å². The Morgan fingerprint density at radius 3 is 2.72 bits per heavy atom. The van der Waals surface area contributed by atoms with Gasteiger partial charge in [-0.05, 0) is 31.2 Å². The van der Waals surface area contributed by atoms with Crippen LogP contribution >= 0.6 is 11.8 Å². The molecule has 2 aromatic rings. The Kier molecular flexibility index (Phi) is 4.09. The predicted molar refractivity (Wildman–Crippen MR) is 67.2 cm³/mol. The van der Waals surface area contributed by atoms with E-state index in [1.165, 1.54) is 36.0 Å². The van der Waals surface area contributed by atoms with Crippen molar-refractivity contribution < 1.29 is 9.18 Å². The van der Waals surface area contributed by atoms with Gasteiger partial charge in [0.05, 0.1) is 0 Å². The van der Waals surface area contributed by atoms with Crippen molar-refractivity contribution in [3.63, 3.8) is 0 Å². The standard InChI is InChI=1S/C12H12FN3OS/c1-8-14-12(16-15-8)18-7-6-11(17)9-2-4-10(13)5-3-9/h2-5H,6-7H2,1H3,(H,14,15,16). The number of aryl methyl sites for hydroxylation is 1. The van der Waals surface area contributed by atoms with E-state index in [1.807, 2.05) is 6.92 Å². The van der Waals surface area contributed by atoms with Crippen LogP contribution in [0.3, 0.4) is 0 Å². The molecule has 6 heteroatoms. The summed E-state index contributed by atoms with van der Waals surface area (Å²) in [5, 5.41) is 7.34. The van der Waals surface area contributed by atoms with Crippen LogP contribution in [0.1, 0.15) is 22.6 Å². The number of aromatic amines is 1. The summed E-state index contributed by atoms with van der Waals surface area (Å²) in [6, 6.07) is 5.58. The Balaban J connectivity index is 1.83. The van der Waals surface area contributed by atoms with E-state index in [1.54, 1.807) is 0 Å². The zero-order valence-electron chi connectivity index (χ0n) is 9.81. The number of aromatic nitrogens is 3. The fourth-order valence-electron chi connectivity index (χ4n) is 1.40. The van der Waals surface area contributed by atoms with Gasteiger partial charge in [-0.2, -0.15) is 0 Å². The van der Waals surface area contributed by atoms with Gasteiger partial charge in [0.1, 0.15) is 11.6 Å². The van der Waals surface area contributed by atoms with Crippen molar-refractivity contribution in [2.24, 2.45) is 0 Å². The molecule has 0 aliphatic heterocycles. The van der Waals surface area contributed by atoms with Crippen LogP contribution in [0.25, 0.3) is 0 Å². The predicted octanol–water partition coefficient (Wildman–Crippen LogP) is 2.62. The highest BCUT2D eigenvalue weighted by atomic mass is 32.2. The van der Waals surface area contributed by atoms with Gasteiger partial charge in [0.25, 0.3) is 0 Å². The summed E-state index contributed by atoms with van der Waals surface area (Å²) in [6.45, 7) is 1.82. The minimum Gasteiger partial charge on any atom is -0.294 e. The highest BCUT2D eigenvalue weighted by Crippen LogP contribution is 2.15. The molecule has 0 aliphatic carbocycles. The molecule has 0 saturated carbocycles. The molecule has 0 fully saturated rings. The highest BCUT2D eigenvalue weighted by Gasteiger charge is 2.07. The topological polar surface area (TPSA) is 58.6 Å². The lowest BCUT2D eigenvalue weighted by Crippen LogP contribution is -2.00. The fourth-order valence-corrected chi connectivity index (χ4v) is 2.18. The van der Waals surface area contributed by atoms with Gasteiger partial charge in [0.2, 0.25) is 5.16 Å². The van der Waals surface area contributed by atoms with Crippen LogP contribution < -0.4 is 0 Å². The molecule has 94 valence electrons. The van der Waals surface area contributed by atoms with Crippen LogP contribution in [-0.4, -0.2) is 26.7 Å². The number of hydrogen-bond acceptors (Lipinski definition) is 4. The Morgan fingerprint density at radius 2 is 2.11 bits per heavy atom. The number of halogens is 1. The van der Waals surface area contributed by atoms with E-state index in [4.69, 9.17) is 0 Å². The largest absolute Gasteiger partial charge is 0.294 e. The van der Waals surface area contributed by atoms with E-state index in [-0.39, 0.29) is 11.6 Å². The van der Waals surface area contributed by atoms with Crippen molar-refractivity contribution >= 4 is 17.5 Å². The number of nitrogens with zero attached hydrogens (tertiary/aromatic N) is 2. The van der Waals surface area contributed by atoms with Gasteiger partial charge >= 0.3 is 0 Å². The normalized spacial score (nSPS) is 10.6. The molecule has 0 radical (unpaired) electrons. The van der Waals surface area contributed by atoms with Crippen molar-refractivity contribution in [3.8, 4) is 0 Å². The molecule has 1 heterocycles. The van der Waals surface area contributed by atoms with Gasteiger partial charge < -0.3 is 0 Å². The average molecular weight is 265 g/mol. The lowest BCUT2D eigenvalue weighted by molar-refractivity contribution is 0.0989. The first kappa shape index (κ1) is 12.8. The summed E-state index contributed by atoms with van der Waals surface area (Å²) in [5.74, 6) is 1.02. The van der Waals surface area contributed by atoms with Gasteiger partial charge in [-0.25, -0.2) is 9.37 Å². The van der Waals surface area contributed by atoms with E-state index in [9.17, 15) is 9.18 Å². The summed E-state index contributed by atoms with van der Waals surface area (Å²) < 4.78 is 12.7. The zero-order chi connectivity index (χ0) is 13.0. The van der Waals surface area contributed by atoms with Crippen molar-refractivity contribution in [2.75, 3.05) is 5.75 Å². The molecule has 1 aromatic heterocycles. The molecule has 0 saturated heterocycles.